The monoisotopic (exact) mass is 325 g/mol. The molecule has 1 aromatic rings. The van der Waals surface area contributed by atoms with Gasteiger partial charge in [0, 0.05) is 31.1 Å². The van der Waals surface area contributed by atoms with E-state index >= 15 is 0 Å². The summed E-state index contributed by atoms with van der Waals surface area (Å²) in [6.45, 7) is 7.68. The molecule has 0 radical (unpaired) electrons. The van der Waals surface area contributed by atoms with Crippen molar-refractivity contribution in [2.45, 2.75) is 45.7 Å². The lowest BCUT2D eigenvalue weighted by Gasteiger charge is -2.34. The van der Waals surface area contributed by atoms with Crippen LogP contribution in [0.4, 0.5) is 0 Å². The van der Waals surface area contributed by atoms with Gasteiger partial charge < -0.3 is 5.73 Å². The first-order chi connectivity index (χ1) is 8.19. The SMILES string of the molecule is CCCc1nc(CN2CCC(N)C(C)C2)cs1.Cl.Cl. The fraction of sp³-hybridized carbons (Fsp3) is 0.769. The number of aryl methyl sites for hydroxylation is 1. The standard InChI is InChI=1S/C13H23N3S.2ClH/c1-3-4-13-15-11(9-17-13)8-16-6-5-12(14)10(2)7-16;;/h9-10,12H,3-8,14H2,1-2H3;2*1H. The maximum absolute atomic E-state index is 6.04. The van der Waals surface area contributed by atoms with E-state index in [0.29, 0.717) is 12.0 Å². The molecule has 3 nitrogen and oxygen atoms in total. The van der Waals surface area contributed by atoms with Crippen molar-refractivity contribution < 1.29 is 0 Å². The van der Waals surface area contributed by atoms with Crippen molar-refractivity contribution in [3.8, 4) is 0 Å². The van der Waals surface area contributed by atoms with Crippen LogP contribution in [0.1, 0.15) is 37.4 Å². The average Bonchev–Trinajstić information content (AvgIpc) is 2.72. The summed E-state index contributed by atoms with van der Waals surface area (Å²) in [5.41, 5.74) is 7.27. The molecule has 1 aromatic heterocycles. The van der Waals surface area contributed by atoms with E-state index < -0.39 is 0 Å². The van der Waals surface area contributed by atoms with Crippen molar-refractivity contribution in [3.05, 3.63) is 16.1 Å². The summed E-state index contributed by atoms with van der Waals surface area (Å²) in [6, 6.07) is 0.386. The minimum Gasteiger partial charge on any atom is -0.327 e. The smallest absolute Gasteiger partial charge is 0.0928 e. The molecule has 2 heterocycles. The third kappa shape index (κ3) is 5.56. The van der Waals surface area contributed by atoms with E-state index in [1.807, 2.05) is 0 Å². The Morgan fingerprint density at radius 2 is 2.21 bits per heavy atom. The van der Waals surface area contributed by atoms with Gasteiger partial charge in [0.15, 0.2) is 0 Å². The van der Waals surface area contributed by atoms with Crippen molar-refractivity contribution in [1.82, 2.24) is 9.88 Å². The van der Waals surface area contributed by atoms with Crippen LogP contribution < -0.4 is 5.73 Å². The molecule has 0 saturated carbocycles. The van der Waals surface area contributed by atoms with Gasteiger partial charge in [-0.15, -0.1) is 36.2 Å². The highest BCUT2D eigenvalue weighted by atomic mass is 35.5. The molecule has 0 amide bonds. The normalized spacial score (nSPS) is 23.5. The molecule has 1 fully saturated rings. The van der Waals surface area contributed by atoms with Crippen molar-refractivity contribution in [2.75, 3.05) is 13.1 Å². The quantitative estimate of drug-likeness (QED) is 0.924. The van der Waals surface area contributed by atoms with Crippen LogP contribution in [0.3, 0.4) is 0 Å². The molecule has 2 unspecified atom stereocenters. The van der Waals surface area contributed by atoms with E-state index in [0.717, 1.165) is 32.5 Å². The molecule has 19 heavy (non-hydrogen) atoms. The summed E-state index contributed by atoms with van der Waals surface area (Å²) >= 11 is 1.80. The van der Waals surface area contributed by atoms with Crippen LogP contribution >= 0.6 is 36.2 Å². The van der Waals surface area contributed by atoms with E-state index in [-0.39, 0.29) is 24.8 Å². The summed E-state index contributed by atoms with van der Waals surface area (Å²) in [6.07, 6.45) is 3.42. The Bertz CT molecular complexity index is 359. The van der Waals surface area contributed by atoms with Crippen LogP contribution in [0.5, 0.6) is 0 Å². The summed E-state index contributed by atoms with van der Waals surface area (Å²) in [4.78, 5) is 7.17. The average molecular weight is 326 g/mol. The summed E-state index contributed by atoms with van der Waals surface area (Å²) < 4.78 is 0. The zero-order valence-corrected chi connectivity index (χ0v) is 14.1. The minimum atomic E-state index is 0. The van der Waals surface area contributed by atoms with Crippen LogP contribution in [0.25, 0.3) is 0 Å². The molecule has 0 spiro atoms. The van der Waals surface area contributed by atoms with Crippen LogP contribution in [-0.2, 0) is 13.0 Å². The molecule has 2 N–H and O–H groups in total. The van der Waals surface area contributed by atoms with Crippen LogP contribution in [-0.4, -0.2) is 29.0 Å². The van der Waals surface area contributed by atoms with Crippen molar-refractivity contribution in [1.29, 1.82) is 0 Å². The van der Waals surface area contributed by atoms with Crippen LogP contribution in [0.2, 0.25) is 0 Å². The van der Waals surface area contributed by atoms with E-state index in [2.05, 4.69) is 29.1 Å². The Morgan fingerprint density at radius 1 is 1.47 bits per heavy atom. The minimum absolute atomic E-state index is 0. The first kappa shape index (κ1) is 19.1. The van der Waals surface area contributed by atoms with Gasteiger partial charge in [0.2, 0.25) is 0 Å². The second-order valence-corrected chi connectivity index (χ2v) is 6.09. The summed E-state index contributed by atoms with van der Waals surface area (Å²) in [5.74, 6) is 0.609. The van der Waals surface area contributed by atoms with Gasteiger partial charge in [0.25, 0.3) is 0 Å². The predicted octanol–water partition coefficient (Wildman–Crippen LogP) is 3.11. The molecule has 0 aromatic carbocycles. The van der Waals surface area contributed by atoms with Gasteiger partial charge in [-0.1, -0.05) is 13.8 Å². The number of piperidine rings is 1. The number of hydrogen-bond donors (Lipinski definition) is 1. The van der Waals surface area contributed by atoms with Gasteiger partial charge in [-0.2, -0.15) is 0 Å². The molecule has 1 aliphatic heterocycles. The van der Waals surface area contributed by atoms with E-state index in [9.17, 15) is 0 Å². The maximum atomic E-state index is 6.04. The van der Waals surface area contributed by atoms with Crippen molar-refractivity contribution >= 4 is 36.2 Å². The number of likely N-dealkylation sites (tertiary alicyclic amines) is 1. The van der Waals surface area contributed by atoms with Crippen LogP contribution in [0.15, 0.2) is 5.38 Å². The topological polar surface area (TPSA) is 42.2 Å². The van der Waals surface area contributed by atoms with Crippen molar-refractivity contribution in [3.63, 3.8) is 0 Å². The van der Waals surface area contributed by atoms with Gasteiger partial charge in [0.1, 0.15) is 0 Å². The lowest BCUT2D eigenvalue weighted by atomic mass is 9.95. The molecular formula is C13H25Cl2N3S. The number of aromatic nitrogens is 1. The largest absolute Gasteiger partial charge is 0.327 e. The van der Waals surface area contributed by atoms with E-state index in [1.165, 1.54) is 17.1 Å². The molecule has 2 atom stereocenters. The molecule has 2 rings (SSSR count). The molecule has 1 saturated heterocycles. The summed E-state index contributed by atoms with van der Waals surface area (Å²) in [5, 5.41) is 3.49. The van der Waals surface area contributed by atoms with Gasteiger partial charge in [0.05, 0.1) is 10.7 Å². The number of rotatable bonds is 4. The Kier molecular flexibility index (Phi) is 9.20. The van der Waals surface area contributed by atoms with Gasteiger partial charge in [-0.05, 0) is 25.2 Å². The highest BCUT2D eigenvalue weighted by Gasteiger charge is 2.23. The number of hydrogen-bond acceptors (Lipinski definition) is 4. The third-order valence-electron chi connectivity index (χ3n) is 3.50. The Labute approximate surface area is 132 Å². The molecule has 1 aliphatic rings. The zero-order chi connectivity index (χ0) is 12.3. The first-order valence-electron chi connectivity index (χ1n) is 6.60. The Morgan fingerprint density at radius 3 is 2.84 bits per heavy atom. The number of nitrogens with zero attached hydrogens (tertiary/aromatic N) is 2. The molecule has 0 bridgehead atoms. The lowest BCUT2D eigenvalue weighted by Crippen LogP contribution is -2.45. The second kappa shape index (κ2) is 9.14. The van der Waals surface area contributed by atoms with E-state index in [4.69, 9.17) is 5.73 Å². The predicted molar refractivity (Wildman–Crippen MR) is 87.6 cm³/mol. The highest BCUT2D eigenvalue weighted by Crippen LogP contribution is 2.19. The molecular weight excluding hydrogens is 301 g/mol. The molecule has 6 heteroatoms. The maximum Gasteiger partial charge on any atom is 0.0928 e. The van der Waals surface area contributed by atoms with E-state index in [1.54, 1.807) is 11.3 Å². The van der Waals surface area contributed by atoms with Crippen molar-refractivity contribution in [2.24, 2.45) is 11.7 Å². The molecule has 0 aliphatic carbocycles. The fourth-order valence-corrected chi connectivity index (χ4v) is 3.26. The number of nitrogens with two attached hydrogens (primary N) is 1. The zero-order valence-electron chi connectivity index (χ0n) is 11.7. The Hall–Kier alpha value is 0.130. The number of thiazole rings is 1. The highest BCUT2D eigenvalue weighted by molar-refractivity contribution is 7.09. The summed E-state index contributed by atoms with van der Waals surface area (Å²) in [7, 11) is 0. The molecule has 112 valence electrons. The lowest BCUT2D eigenvalue weighted by molar-refractivity contribution is 0.156. The van der Waals surface area contributed by atoms with Gasteiger partial charge >= 0.3 is 0 Å². The third-order valence-corrected chi connectivity index (χ3v) is 4.46. The second-order valence-electron chi connectivity index (χ2n) is 5.15. The Balaban J connectivity index is 0.00000162. The van der Waals surface area contributed by atoms with Crippen LogP contribution in [0, 0.1) is 5.92 Å². The van der Waals surface area contributed by atoms with Gasteiger partial charge in [-0.3, -0.25) is 4.90 Å². The first-order valence-corrected chi connectivity index (χ1v) is 7.48. The number of halogens is 2. The van der Waals surface area contributed by atoms with Gasteiger partial charge in [-0.25, -0.2) is 4.98 Å². The fourth-order valence-electron chi connectivity index (χ4n) is 2.37.